The molecule has 3 nitrogen and oxygen atoms in total. The third kappa shape index (κ3) is 5.71. The SMILES string of the molecule is Brc1ccc(-c2ccccc2)cc1.c1ccc(-c2ncnc(-c3ccccc3)n2)cc1. The average molecular weight is 466 g/mol. The second-order valence-electron chi connectivity index (χ2n) is 6.74. The molecule has 0 aliphatic carbocycles. The fraction of sp³-hybridized carbons (Fsp3) is 0. The van der Waals surface area contributed by atoms with Crippen LogP contribution in [0.3, 0.4) is 0 Å². The standard InChI is InChI=1S/C15H11N3.C12H9Br/c1-3-7-12(8-4-1)14-16-11-17-15(18-14)13-9-5-2-6-10-13;13-12-8-6-11(7-9-12)10-4-2-1-3-5-10/h1-11H;1-9H. The van der Waals surface area contributed by atoms with Crippen molar-refractivity contribution in [1.82, 2.24) is 15.0 Å². The number of halogens is 1. The van der Waals surface area contributed by atoms with Crippen molar-refractivity contribution >= 4 is 15.9 Å². The highest BCUT2D eigenvalue weighted by atomic mass is 79.9. The molecule has 0 atom stereocenters. The molecule has 0 fully saturated rings. The number of aromatic nitrogens is 3. The summed E-state index contributed by atoms with van der Waals surface area (Å²) in [6.45, 7) is 0. The summed E-state index contributed by atoms with van der Waals surface area (Å²) in [7, 11) is 0. The predicted molar refractivity (Wildman–Crippen MR) is 130 cm³/mol. The maximum absolute atomic E-state index is 4.49. The molecule has 0 spiro atoms. The average Bonchev–Trinajstić information content (AvgIpc) is 2.87. The van der Waals surface area contributed by atoms with Crippen LogP contribution < -0.4 is 0 Å². The Hall–Kier alpha value is -3.63. The Kier molecular flexibility index (Phi) is 6.93. The lowest BCUT2D eigenvalue weighted by Crippen LogP contribution is -1.94. The zero-order chi connectivity index (χ0) is 21.3. The van der Waals surface area contributed by atoms with Gasteiger partial charge in [0, 0.05) is 15.6 Å². The van der Waals surface area contributed by atoms with Crippen molar-refractivity contribution in [1.29, 1.82) is 0 Å². The minimum Gasteiger partial charge on any atom is -0.217 e. The third-order valence-electron chi connectivity index (χ3n) is 4.59. The van der Waals surface area contributed by atoms with Gasteiger partial charge in [-0.3, -0.25) is 0 Å². The summed E-state index contributed by atoms with van der Waals surface area (Å²) in [5, 5.41) is 0. The van der Waals surface area contributed by atoms with Crippen molar-refractivity contribution < 1.29 is 0 Å². The van der Waals surface area contributed by atoms with Gasteiger partial charge in [0.25, 0.3) is 0 Å². The molecule has 1 aromatic heterocycles. The van der Waals surface area contributed by atoms with Crippen molar-refractivity contribution in [2.45, 2.75) is 0 Å². The smallest absolute Gasteiger partial charge is 0.163 e. The van der Waals surface area contributed by atoms with Gasteiger partial charge in [0.05, 0.1) is 0 Å². The zero-order valence-electron chi connectivity index (χ0n) is 16.8. The van der Waals surface area contributed by atoms with Gasteiger partial charge in [-0.2, -0.15) is 0 Å². The lowest BCUT2D eigenvalue weighted by Gasteiger charge is -2.02. The van der Waals surface area contributed by atoms with Crippen LogP contribution in [0.4, 0.5) is 0 Å². The summed E-state index contributed by atoms with van der Waals surface area (Å²) in [5.41, 5.74) is 4.51. The zero-order valence-corrected chi connectivity index (χ0v) is 18.4. The van der Waals surface area contributed by atoms with E-state index < -0.39 is 0 Å². The highest BCUT2D eigenvalue weighted by Gasteiger charge is 2.04. The van der Waals surface area contributed by atoms with Crippen LogP contribution in [0.1, 0.15) is 0 Å². The van der Waals surface area contributed by atoms with Gasteiger partial charge >= 0.3 is 0 Å². The Labute approximate surface area is 190 Å². The quantitative estimate of drug-likeness (QED) is 0.280. The lowest BCUT2D eigenvalue weighted by molar-refractivity contribution is 1.07. The predicted octanol–water partition coefficient (Wildman–Crippen LogP) is 7.32. The van der Waals surface area contributed by atoms with Gasteiger partial charge in [0.15, 0.2) is 11.6 Å². The van der Waals surface area contributed by atoms with E-state index in [-0.39, 0.29) is 0 Å². The van der Waals surface area contributed by atoms with Crippen LogP contribution in [-0.2, 0) is 0 Å². The van der Waals surface area contributed by atoms with Crippen LogP contribution in [0.25, 0.3) is 33.9 Å². The van der Waals surface area contributed by atoms with Crippen LogP contribution in [0, 0.1) is 0 Å². The Morgan fingerprint density at radius 2 is 0.806 bits per heavy atom. The van der Waals surface area contributed by atoms with Gasteiger partial charge in [-0.15, -0.1) is 0 Å². The van der Waals surface area contributed by atoms with E-state index in [1.165, 1.54) is 11.1 Å². The second kappa shape index (κ2) is 10.4. The van der Waals surface area contributed by atoms with E-state index in [0.717, 1.165) is 15.6 Å². The third-order valence-corrected chi connectivity index (χ3v) is 5.12. The molecule has 0 aliphatic heterocycles. The van der Waals surface area contributed by atoms with E-state index in [0.29, 0.717) is 11.6 Å². The van der Waals surface area contributed by atoms with E-state index in [2.05, 4.69) is 79.4 Å². The molecule has 4 aromatic carbocycles. The Morgan fingerprint density at radius 3 is 1.26 bits per heavy atom. The molecule has 5 aromatic rings. The molecule has 0 unspecified atom stereocenters. The van der Waals surface area contributed by atoms with Crippen LogP contribution in [-0.4, -0.2) is 15.0 Å². The maximum atomic E-state index is 4.49. The summed E-state index contributed by atoms with van der Waals surface area (Å²) in [5.74, 6) is 1.40. The number of rotatable bonds is 3. The first-order chi connectivity index (χ1) is 15.3. The number of benzene rings is 4. The van der Waals surface area contributed by atoms with Crippen LogP contribution >= 0.6 is 15.9 Å². The molecule has 0 saturated heterocycles. The summed E-state index contributed by atoms with van der Waals surface area (Å²) < 4.78 is 1.12. The molecule has 0 N–H and O–H groups in total. The molecular weight excluding hydrogens is 446 g/mol. The van der Waals surface area contributed by atoms with Crippen molar-refractivity contribution in [3.63, 3.8) is 0 Å². The van der Waals surface area contributed by atoms with Crippen molar-refractivity contribution in [2.75, 3.05) is 0 Å². The first-order valence-electron chi connectivity index (χ1n) is 9.90. The van der Waals surface area contributed by atoms with E-state index in [4.69, 9.17) is 0 Å². The van der Waals surface area contributed by atoms with Crippen molar-refractivity contribution in [3.05, 3.63) is 126 Å². The molecule has 1 heterocycles. The summed E-state index contributed by atoms with van der Waals surface area (Å²) in [6, 6.07) is 38.5. The molecule has 0 aliphatic rings. The molecule has 5 rings (SSSR count). The van der Waals surface area contributed by atoms with Crippen LogP contribution in [0.2, 0.25) is 0 Å². The van der Waals surface area contributed by atoms with Gasteiger partial charge in [-0.05, 0) is 23.3 Å². The lowest BCUT2D eigenvalue weighted by atomic mass is 10.1. The molecule has 150 valence electrons. The molecule has 31 heavy (non-hydrogen) atoms. The van der Waals surface area contributed by atoms with Gasteiger partial charge in [0.1, 0.15) is 6.33 Å². The number of hydrogen-bond donors (Lipinski definition) is 0. The molecule has 0 saturated carbocycles. The molecule has 0 radical (unpaired) electrons. The molecule has 0 amide bonds. The summed E-state index contributed by atoms with van der Waals surface area (Å²) in [4.78, 5) is 12.9. The fourth-order valence-corrected chi connectivity index (χ4v) is 3.29. The molecule has 4 heteroatoms. The molecular formula is C27H20BrN3. The number of hydrogen-bond acceptors (Lipinski definition) is 3. The largest absolute Gasteiger partial charge is 0.217 e. The second-order valence-corrected chi connectivity index (χ2v) is 7.65. The highest BCUT2D eigenvalue weighted by molar-refractivity contribution is 9.10. The summed E-state index contributed by atoms with van der Waals surface area (Å²) in [6.07, 6.45) is 1.55. The van der Waals surface area contributed by atoms with Crippen molar-refractivity contribution in [2.24, 2.45) is 0 Å². The van der Waals surface area contributed by atoms with Gasteiger partial charge in [0.2, 0.25) is 0 Å². The van der Waals surface area contributed by atoms with E-state index in [1.54, 1.807) is 6.33 Å². The molecule has 0 bridgehead atoms. The Bertz CT molecular complexity index is 1160. The topological polar surface area (TPSA) is 38.7 Å². The summed E-state index contributed by atoms with van der Waals surface area (Å²) >= 11 is 3.42. The fourth-order valence-electron chi connectivity index (χ4n) is 3.02. The van der Waals surface area contributed by atoms with Gasteiger partial charge in [-0.1, -0.05) is 119 Å². The maximum Gasteiger partial charge on any atom is 0.163 e. The van der Waals surface area contributed by atoms with E-state index >= 15 is 0 Å². The van der Waals surface area contributed by atoms with Gasteiger partial charge < -0.3 is 0 Å². The minimum absolute atomic E-state index is 0.699. The van der Waals surface area contributed by atoms with Gasteiger partial charge in [-0.25, -0.2) is 15.0 Å². The first-order valence-corrected chi connectivity index (χ1v) is 10.7. The van der Waals surface area contributed by atoms with Crippen LogP contribution in [0.5, 0.6) is 0 Å². The Morgan fingerprint density at radius 1 is 0.419 bits per heavy atom. The van der Waals surface area contributed by atoms with Crippen LogP contribution in [0.15, 0.2) is 126 Å². The first kappa shape index (κ1) is 20.6. The normalized spacial score (nSPS) is 10.1. The Balaban J connectivity index is 0.000000158. The van der Waals surface area contributed by atoms with E-state index in [9.17, 15) is 0 Å². The van der Waals surface area contributed by atoms with Crippen molar-refractivity contribution in [3.8, 4) is 33.9 Å². The monoisotopic (exact) mass is 465 g/mol. The minimum atomic E-state index is 0.699. The number of nitrogens with zero attached hydrogens (tertiary/aromatic N) is 3. The highest BCUT2D eigenvalue weighted by Crippen LogP contribution is 2.21. The van der Waals surface area contributed by atoms with E-state index in [1.807, 2.05) is 66.7 Å².